The zero-order chi connectivity index (χ0) is 11.0. The smallest absolute Gasteiger partial charge is 0.0479 e. The van der Waals surface area contributed by atoms with Gasteiger partial charge in [0.05, 0.1) is 0 Å². The van der Waals surface area contributed by atoms with Gasteiger partial charge >= 0.3 is 0 Å². The number of hydrogen-bond acceptors (Lipinski definition) is 2. The Hall–Kier alpha value is -0.860. The molecule has 0 spiro atoms. The lowest BCUT2D eigenvalue weighted by atomic mass is 9.84. The van der Waals surface area contributed by atoms with E-state index < -0.39 is 0 Å². The summed E-state index contributed by atoms with van der Waals surface area (Å²) >= 11 is 0. The van der Waals surface area contributed by atoms with Crippen LogP contribution in [0.5, 0.6) is 0 Å². The lowest BCUT2D eigenvalue weighted by molar-refractivity contribution is 0.0945. The highest BCUT2D eigenvalue weighted by atomic mass is 15.2. The fraction of sp³-hybridized carbons (Fsp3) is 0.571. The average molecular weight is 216 g/mol. The van der Waals surface area contributed by atoms with Crippen LogP contribution < -0.4 is 5.32 Å². The van der Waals surface area contributed by atoms with Gasteiger partial charge in [0.1, 0.15) is 0 Å². The third-order valence-electron chi connectivity index (χ3n) is 4.12. The zero-order valence-electron chi connectivity index (χ0n) is 9.95. The topological polar surface area (TPSA) is 15.3 Å². The molecule has 0 amide bonds. The summed E-state index contributed by atoms with van der Waals surface area (Å²) in [5, 5.41) is 3.52. The molecule has 1 aromatic rings. The van der Waals surface area contributed by atoms with Crippen molar-refractivity contribution in [3.63, 3.8) is 0 Å². The zero-order valence-corrected chi connectivity index (χ0v) is 9.95. The molecule has 1 fully saturated rings. The number of rotatable bonds is 1. The summed E-state index contributed by atoms with van der Waals surface area (Å²) in [5.74, 6) is 0. The number of fused-ring (bicyclic) bond motifs is 2. The van der Waals surface area contributed by atoms with Crippen molar-refractivity contribution in [2.75, 3.05) is 13.6 Å². The van der Waals surface area contributed by atoms with Crippen LogP contribution in [-0.2, 0) is 6.54 Å². The Morgan fingerprint density at radius 2 is 2.12 bits per heavy atom. The second-order valence-electron chi connectivity index (χ2n) is 5.00. The molecule has 3 rings (SSSR count). The first-order valence-corrected chi connectivity index (χ1v) is 6.39. The highest BCUT2D eigenvalue weighted by Gasteiger charge is 2.34. The lowest BCUT2D eigenvalue weighted by Gasteiger charge is -2.45. The van der Waals surface area contributed by atoms with Gasteiger partial charge in [0.2, 0.25) is 0 Å². The van der Waals surface area contributed by atoms with E-state index in [2.05, 4.69) is 41.5 Å². The van der Waals surface area contributed by atoms with Crippen molar-refractivity contribution in [1.29, 1.82) is 0 Å². The van der Waals surface area contributed by atoms with Gasteiger partial charge in [-0.05, 0) is 37.6 Å². The summed E-state index contributed by atoms with van der Waals surface area (Å²) in [4.78, 5) is 2.66. The van der Waals surface area contributed by atoms with Crippen molar-refractivity contribution in [2.45, 2.75) is 37.9 Å². The van der Waals surface area contributed by atoms with Crippen LogP contribution in [0.4, 0.5) is 0 Å². The SMILES string of the molecule is CN[C@@H]1c2ccccc2CN2CCCC[C@H]12. The second-order valence-corrected chi connectivity index (χ2v) is 5.00. The quantitative estimate of drug-likeness (QED) is 0.775. The van der Waals surface area contributed by atoms with Gasteiger partial charge in [-0.1, -0.05) is 30.7 Å². The summed E-state index contributed by atoms with van der Waals surface area (Å²) in [6, 6.07) is 10.2. The van der Waals surface area contributed by atoms with Crippen molar-refractivity contribution in [3.8, 4) is 0 Å². The van der Waals surface area contributed by atoms with Gasteiger partial charge in [-0.3, -0.25) is 4.90 Å². The molecule has 1 N–H and O–H groups in total. The van der Waals surface area contributed by atoms with Crippen molar-refractivity contribution in [3.05, 3.63) is 35.4 Å². The number of benzene rings is 1. The van der Waals surface area contributed by atoms with Gasteiger partial charge < -0.3 is 5.32 Å². The fourth-order valence-electron chi connectivity index (χ4n) is 3.35. The Bertz CT molecular complexity index is 375. The maximum Gasteiger partial charge on any atom is 0.0479 e. The van der Waals surface area contributed by atoms with E-state index in [0.717, 1.165) is 6.54 Å². The predicted octanol–water partition coefficient (Wildman–Crippen LogP) is 2.32. The van der Waals surface area contributed by atoms with Gasteiger partial charge in [-0.25, -0.2) is 0 Å². The molecule has 0 aromatic heterocycles. The molecule has 16 heavy (non-hydrogen) atoms. The lowest BCUT2D eigenvalue weighted by Crippen LogP contribution is -2.49. The van der Waals surface area contributed by atoms with Gasteiger partial charge in [0.15, 0.2) is 0 Å². The highest BCUT2D eigenvalue weighted by Crippen LogP contribution is 2.35. The Morgan fingerprint density at radius 3 is 3.00 bits per heavy atom. The van der Waals surface area contributed by atoms with Crippen LogP contribution in [0, 0.1) is 0 Å². The first kappa shape index (κ1) is 10.3. The van der Waals surface area contributed by atoms with Crippen molar-refractivity contribution >= 4 is 0 Å². The molecule has 1 saturated heterocycles. The molecule has 2 nitrogen and oxygen atoms in total. The summed E-state index contributed by atoms with van der Waals surface area (Å²) in [5.41, 5.74) is 3.04. The Morgan fingerprint density at radius 1 is 1.25 bits per heavy atom. The minimum absolute atomic E-state index is 0.533. The molecule has 1 aromatic carbocycles. The second kappa shape index (κ2) is 4.19. The van der Waals surface area contributed by atoms with Crippen LogP contribution in [-0.4, -0.2) is 24.5 Å². The van der Waals surface area contributed by atoms with E-state index in [1.54, 1.807) is 0 Å². The first-order valence-electron chi connectivity index (χ1n) is 6.39. The van der Waals surface area contributed by atoms with Gasteiger partial charge in [0.25, 0.3) is 0 Å². The monoisotopic (exact) mass is 216 g/mol. The third kappa shape index (κ3) is 1.57. The molecular formula is C14H20N2. The minimum Gasteiger partial charge on any atom is -0.312 e. The minimum atomic E-state index is 0.533. The fourth-order valence-corrected chi connectivity index (χ4v) is 3.35. The molecular weight excluding hydrogens is 196 g/mol. The molecule has 0 aliphatic carbocycles. The van der Waals surface area contributed by atoms with Crippen molar-refractivity contribution < 1.29 is 0 Å². The normalized spacial score (nSPS) is 29.6. The van der Waals surface area contributed by atoms with E-state index in [9.17, 15) is 0 Å². The summed E-state index contributed by atoms with van der Waals surface area (Å²) in [6.45, 7) is 2.43. The molecule has 0 bridgehead atoms. The predicted molar refractivity (Wildman–Crippen MR) is 66.3 cm³/mol. The molecule has 0 saturated carbocycles. The largest absolute Gasteiger partial charge is 0.312 e. The molecule has 0 unspecified atom stereocenters. The Balaban J connectivity index is 1.99. The van der Waals surface area contributed by atoms with E-state index in [1.165, 1.54) is 36.9 Å². The van der Waals surface area contributed by atoms with E-state index in [0.29, 0.717) is 12.1 Å². The number of nitrogens with one attached hydrogen (secondary N) is 1. The molecule has 2 atom stereocenters. The van der Waals surface area contributed by atoms with Crippen LogP contribution in [0.2, 0.25) is 0 Å². The van der Waals surface area contributed by atoms with Crippen LogP contribution in [0.3, 0.4) is 0 Å². The molecule has 2 heterocycles. The highest BCUT2D eigenvalue weighted by molar-refractivity contribution is 5.33. The Labute approximate surface area is 97.6 Å². The van der Waals surface area contributed by atoms with E-state index in [1.807, 2.05) is 0 Å². The van der Waals surface area contributed by atoms with Gasteiger partial charge in [-0.2, -0.15) is 0 Å². The number of piperidine rings is 1. The number of hydrogen-bond donors (Lipinski definition) is 1. The number of likely N-dealkylation sites (N-methyl/N-ethyl adjacent to an activating group) is 1. The van der Waals surface area contributed by atoms with E-state index >= 15 is 0 Å². The molecule has 2 heteroatoms. The Kier molecular flexibility index (Phi) is 2.70. The van der Waals surface area contributed by atoms with Crippen LogP contribution in [0.25, 0.3) is 0 Å². The van der Waals surface area contributed by atoms with Crippen LogP contribution >= 0.6 is 0 Å². The van der Waals surface area contributed by atoms with Crippen molar-refractivity contribution in [2.24, 2.45) is 0 Å². The van der Waals surface area contributed by atoms with E-state index in [-0.39, 0.29) is 0 Å². The molecule has 2 aliphatic rings. The van der Waals surface area contributed by atoms with E-state index in [4.69, 9.17) is 0 Å². The van der Waals surface area contributed by atoms with Crippen LogP contribution in [0.1, 0.15) is 36.4 Å². The maximum absolute atomic E-state index is 3.52. The number of nitrogens with zero attached hydrogens (tertiary/aromatic N) is 1. The molecule has 2 aliphatic heterocycles. The third-order valence-corrected chi connectivity index (χ3v) is 4.12. The van der Waals surface area contributed by atoms with Crippen LogP contribution in [0.15, 0.2) is 24.3 Å². The summed E-state index contributed by atoms with van der Waals surface area (Å²) < 4.78 is 0. The molecule has 0 radical (unpaired) electrons. The van der Waals surface area contributed by atoms with Crippen molar-refractivity contribution in [1.82, 2.24) is 10.2 Å². The first-order chi connectivity index (χ1) is 7.90. The average Bonchev–Trinajstić information content (AvgIpc) is 2.36. The molecule has 86 valence electrons. The maximum atomic E-state index is 3.52. The van der Waals surface area contributed by atoms with Gasteiger partial charge in [-0.15, -0.1) is 0 Å². The standard InChI is InChI=1S/C14H20N2/c1-15-14-12-7-3-2-6-11(12)10-16-9-5-4-8-13(14)16/h2-3,6-7,13-15H,4-5,8-10H2,1H3/t13-,14-/m1/s1. The summed E-state index contributed by atoms with van der Waals surface area (Å²) in [6.07, 6.45) is 4.11. The van der Waals surface area contributed by atoms with Gasteiger partial charge in [0, 0.05) is 18.6 Å². The summed E-state index contributed by atoms with van der Waals surface area (Å²) in [7, 11) is 2.10.